The normalized spacial score (nSPS) is 14.7. The number of phenols is 2. The molecular formula is C23H20F3N5O5. The first-order valence-electron chi connectivity index (χ1n) is 10.6. The predicted octanol–water partition coefficient (Wildman–Crippen LogP) is 3.85. The number of fused-ring (bicyclic) bond motifs is 1. The van der Waals surface area contributed by atoms with Crippen molar-refractivity contribution < 1.29 is 37.8 Å². The monoisotopic (exact) mass is 503 g/mol. The van der Waals surface area contributed by atoms with Gasteiger partial charge in [-0.3, -0.25) is 4.79 Å². The third-order valence-electron chi connectivity index (χ3n) is 5.43. The number of carbonyl (C=O) groups is 2. The highest BCUT2D eigenvalue weighted by atomic mass is 19.4. The molecule has 188 valence electrons. The number of nitrogens with one attached hydrogen (secondary N) is 2. The fraction of sp³-hybridized carbons (Fsp3) is 0.174. The van der Waals surface area contributed by atoms with Crippen LogP contribution in [0.25, 0.3) is 0 Å². The van der Waals surface area contributed by atoms with Gasteiger partial charge in [0, 0.05) is 17.4 Å². The van der Waals surface area contributed by atoms with Crippen LogP contribution in [-0.4, -0.2) is 33.2 Å². The Morgan fingerprint density at radius 3 is 2.56 bits per heavy atom. The fourth-order valence-corrected chi connectivity index (χ4v) is 3.71. The van der Waals surface area contributed by atoms with Crippen molar-refractivity contribution in [2.75, 3.05) is 15.7 Å². The first-order valence-corrected chi connectivity index (χ1v) is 10.6. The summed E-state index contributed by atoms with van der Waals surface area (Å²) in [5.41, 5.74) is 6.56. The van der Waals surface area contributed by atoms with E-state index in [0.29, 0.717) is 17.2 Å². The van der Waals surface area contributed by atoms with E-state index in [4.69, 9.17) is 10.6 Å². The van der Waals surface area contributed by atoms with E-state index in [1.807, 2.05) is 13.0 Å². The number of amides is 1. The number of carbonyl (C=O) groups excluding carboxylic acids is 2. The molecule has 13 heteroatoms. The third kappa shape index (κ3) is 4.50. The van der Waals surface area contributed by atoms with E-state index in [-0.39, 0.29) is 28.3 Å². The summed E-state index contributed by atoms with van der Waals surface area (Å²) in [7, 11) is 0. The number of primary amides is 1. The van der Waals surface area contributed by atoms with E-state index in [1.165, 1.54) is 6.07 Å². The Morgan fingerprint density at radius 2 is 1.92 bits per heavy atom. The number of aryl methyl sites for hydroxylation is 1. The fourth-order valence-electron chi connectivity index (χ4n) is 3.71. The molecule has 10 nitrogen and oxygen atoms in total. The highest BCUT2D eigenvalue weighted by molar-refractivity contribution is 6.05. The molecule has 0 spiro atoms. The number of pyridine rings is 1. The zero-order valence-electron chi connectivity index (χ0n) is 18.6. The number of rotatable bonds is 6. The van der Waals surface area contributed by atoms with Crippen molar-refractivity contribution >= 4 is 34.8 Å². The number of phenolic OH excluding ortho intramolecular Hbond substituents is 2. The first-order chi connectivity index (χ1) is 17.0. The number of nitrogens with two attached hydrogens (primary N) is 1. The minimum Gasteiger partial charge on any atom is -0.504 e. The largest absolute Gasteiger partial charge is 0.504 e. The number of alkyl halides is 3. The van der Waals surface area contributed by atoms with E-state index < -0.39 is 35.7 Å². The molecule has 2 heterocycles. The van der Waals surface area contributed by atoms with Gasteiger partial charge in [0.15, 0.2) is 23.5 Å². The third-order valence-corrected chi connectivity index (χ3v) is 5.43. The van der Waals surface area contributed by atoms with Crippen molar-refractivity contribution in [1.29, 1.82) is 0 Å². The summed E-state index contributed by atoms with van der Waals surface area (Å²) in [6.07, 6.45) is -4.95. The number of hydroxylamine groups is 1. The molecule has 1 unspecified atom stereocenters. The highest BCUT2D eigenvalue weighted by Crippen LogP contribution is 2.48. The standard InChI is InChI=1S/C23H20F3N5O5/c1-2-11-5-3-4-6-14(11)29-17-13(19(27)34)10-28-20-18(17)31(36-22(35)23(24,25)26)21(30-20)12-7-8-15(32)16(33)9-12/h3-10,21,32-33H,2H2,1H3,(H2,27,34)(H2,28,29,30). The lowest BCUT2D eigenvalue weighted by Gasteiger charge is -2.27. The Bertz CT molecular complexity index is 1350. The summed E-state index contributed by atoms with van der Waals surface area (Å²) in [6.45, 7) is 1.89. The summed E-state index contributed by atoms with van der Waals surface area (Å²) in [5.74, 6) is -4.54. The van der Waals surface area contributed by atoms with Crippen molar-refractivity contribution in [2.24, 2.45) is 5.73 Å². The summed E-state index contributed by atoms with van der Waals surface area (Å²) >= 11 is 0. The van der Waals surface area contributed by atoms with Crippen LogP contribution < -0.4 is 21.4 Å². The molecular weight excluding hydrogens is 483 g/mol. The molecule has 3 aromatic rings. The molecule has 1 atom stereocenters. The van der Waals surface area contributed by atoms with Crippen molar-refractivity contribution in [3.05, 3.63) is 65.4 Å². The highest BCUT2D eigenvalue weighted by Gasteiger charge is 2.46. The molecule has 1 amide bonds. The second-order valence-electron chi connectivity index (χ2n) is 7.74. The minimum absolute atomic E-state index is 0.0379. The van der Waals surface area contributed by atoms with Crippen LogP contribution >= 0.6 is 0 Å². The Morgan fingerprint density at radius 1 is 1.19 bits per heavy atom. The number of aromatic nitrogens is 1. The molecule has 0 bridgehead atoms. The molecule has 1 aliphatic rings. The smallest absolute Gasteiger partial charge is 0.493 e. The Kier molecular flexibility index (Phi) is 6.23. The Hall–Kier alpha value is -4.68. The molecule has 0 saturated carbocycles. The molecule has 0 fully saturated rings. The van der Waals surface area contributed by atoms with Crippen LogP contribution in [-0.2, 0) is 16.1 Å². The van der Waals surface area contributed by atoms with Gasteiger partial charge in [-0.05, 0) is 30.2 Å². The van der Waals surface area contributed by atoms with E-state index >= 15 is 0 Å². The second kappa shape index (κ2) is 9.17. The quantitative estimate of drug-likeness (QED) is 0.316. The molecule has 36 heavy (non-hydrogen) atoms. The number of hydrogen-bond donors (Lipinski definition) is 5. The zero-order valence-corrected chi connectivity index (χ0v) is 18.6. The summed E-state index contributed by atoms with van der Waals surface area (Å²) in [4.78, 5) is 32.9. The molecule has 2 aromatic carbocycles. The summed E-state index contributed by atoms with van der Waals surface area (Å²) in [5, 5.41) is 26.0. The van der Waals surface area contributed by atoms with Crippen LogP contribution in [0.2, 0.25) is 0 Å². The Labute approximate surface area is 202 Å². The van der Waals surface area contributed by atoms with Gasteiger partial charge in [-0.2, -0.15) is 18.2 Å². The van der Waals surface area contributed by atoms with E-state index in [2.05, 4.69) is 15.6 Å². The van der Waals surface area contributed by atoms with Crippen LogP contribution in [0, 0.1) is 0 Å². The topological polar surface area (TPSA) is 150 Å². The number of benzene rings is 2. The number of hydrogen-bond acceptors (Lipinski definition) is 9. The van der Waals surface area contributed by atoms with Crippen molar-refractivity contribution in [1.82, 2.24) is 4.98 Å². The number of nitrogens with zero attached hydrogens (tertiary/aromatic N) is 2. The van der Waals surface area contributed by atoms with Crippen LogP contribution in [0.5, 0.6) is 11.5 Å². The van der Waals surface area contributed by atoms with Gasteiger partial charge in [-0.1, -0.05) is 31.2 Å². The summed E-state index contributed by atoms with van der Waals surface area (Å²) < 4.78 is 39.5. The lowest BCUT2D eigenvalue weighted by Crippen LogP contribution is -2.37. The van der Waals surface area contributed by atoms with Crippen LogP contribution in [0.3, 0.4) is 0 Å². The second-order valence-corrected chi connectivity index (χ2v) is 7.74. The maximum Gasteiger partial charge on any atom is 0.493 e. The SMILES string of the molecule is CCc1ccccc1Nc1c(C(N)=O)cnc2c1N(OC(=O)C(F)(F)F)C(c1ccc(O)c(O)c1)N2. The maximum absolute atomic E-state index is 13.2. The average Bonchev–Trinajstić information content (AvgIpc) is 3.19. The van der Waals surface area contributed by atoms with E-state index in [1.54, 1.807) is 18.2 Å². The number of halogens is 3. The first kappa shape index (κ1) is 24.4. The van der Waals surface area contributed by atoms with E-state index in [0.717, 1.165) is 23.9 Å². The summed E-state index contributed by atoms with van der Waals surface area (Å²) in [6, 6.07) is 10.5. The predicted molar refractivity (Wildman–Crippen MR) is 123 cm³/mol. The number of aromatic hydroxyl groups is 2. The van der Waals surface area contributed by atoms with Gasteiger partial charge in [0.1, 0.15) is 5.69 Å². The van der Waals surface area contributed by atoms with Crippen molar-refractivity contribution in [2.45, 2.75) is 25.7 Å². The lowest BCUT2D eigenvalue weighted by atomic mass is 10.1. The molecule has 1 aromatic heterocycles. The molecule has 0 radical (unpaired) electrons. The van der Waals surface area contributed by atoms with Crippen molar-refractivity contribution in [3.63, 3.8) is 0 Å². The number of para-hydroxylation sites is 1. The molecule has 4 rings (SSSR count). The molecule has 0 aliphatic carbocycles. The maximum atomic E-state index is 13.2. The molecule has 1 aliphatic heterocycles. The van der Waals surface area contributed by atoms with Crippen molar-refractivity contribution in [3.8, 4) is 11.5 Å². The van der Waals surface area contributed by atoms with Crippen LogP contribution in [0.4, 0.5) is 36.1 Å². The average molecular weight is 503 g/mol. The van der Waals surface area contributed by atoms with Gasteiger partial charge in [0.2, 0.25) is 0 Å². The van der Waals surface area contributed by atoms with Gasteiger partial charge < -0.3 is 31.4 Å². The van der Waals surface area contributed by atoms with Gasteiger partial charge in [-0.15, -0.1) is 0 Å². The molecule has 0 saturated heterocycles. The Balaban J connectivity index is 1.90. The number of anilines is 4. The van der Waals surface area contributed by atoms with Gasteiger partial charge in [0.05, 0.1) is 11.3 Å². The van der Waals surface area contributed by atoms with Crippen LogP contribution in [0.1, 0.15) is 34.6 Å². The lowest BCUT2D eigenvalue weighted by molar-refractivity contribution is -0.201. The van der Waals surface area contributed by atoms with E-state index in [9.17, 15) is 33.0 Å². The van der Waals surface area contributed by atoms with Gasteiger partial charge >= 0.3 is 12.1 Å². The minimum atomic E-state index is -5.35. The van der Waals surface area contributed by atoms with Gasteiger partial charge in [-0.25, -0.2) is 9.78 Å². The zero-order chi connectivity index (χ0) is 26.2. The van der Waals surface area contributed by atoms with Crippen LogP contribution in [0.15, 0.2) is 48.7 Å². The van der Waals surface area contributed by atoms with Gasteiger partial charge in [0.25, 0.3) is 5.91 Å². The molecule has 6 N–H and O–H groups in total.